The van der Waals surface area contributed by atoms with Crippen molar-refractivity contribution in [1.29, 1.82) is 0 Å². The summed E-state index contributed by atoms with van der Waals surface area (Å²) in [5.41, 5.74) is 0.571. The molecule has 2 aromatic carbocycles. The van der Waals surface area contributed by atoms with E-state index in [0.29, 0.717) is 30.0 Å². The van der Waals surface area contributed by atoms with Crippen LogP contribution >= 0.6 is 11.6 Å². The predicted octanol–water partition coefficient (Wildman–Crippen LogP) is 2.86. The maximum atomic E-state index is 13.0. The van der Waals surface area contributed by atoms with E-state index in [0.717, 1.165) is 10.5 Å². The van der Waals surface area contributed by atoms with Crippen LogP contribution in [0.3, 0.4) is 0 Å². The maximum absolute atomic E-state index is 13.0. The Hall–Kier alpha value is -2.86. The molecule has 1 atom stereocenters. The molecule has 1 unspecified atom stereocenters. The Bertz CT molecular complexity index is 870. The highest BCUT2D eigenvalue weighted by Crippen LogP contribution is 2.32. The third-order valence-corrected chi connectivity index (χ3v) is 5.18. The molecule has 1 saturated heterocycles. The zero-order valence-electron chi connectivity index (χ0n) is 15.6. The highest BCUT2D eigenvalue weighted by molar-refractivity contribution is 6.30. The molecular formula is C21H22ClN3O3. The van der Waals surface area contributed by atoms with Crippen molar-refractivity contribution in [3.8, 4) is 0 Å². The maximum Gasteiger partial charge on any atom is 0.325 e. The van der Waals surface area contributed by atoms with Crippen LogP contribution in [-0.4, -0.2) is 35.8 Å². The summed E-state index contributed by atoms with van der Waals surface area (Å²) in [5, 5.41) is 6.06. The van der Waals surface area contributed by atoms with Gasteiger partial charge in [-0.2, -0.15) is 0 Å². The first-order valence-corrected chi connectivity index (χ1v) is 9.55. The molecule has 0 aliphatic carbocycles. The van der Waals surface area contributed by atoms with Crippen LogP contribution in [0.4, 0.5) is 4.79 Å². The van der Waals surface area contributed by atoms with Crippen LogP contribution in [0.1, 0.15) is 24.5 Å². The van der Waals surface area contributed by atoms with E-state index in [4.69, 9.17) is 11.6 Å². The van der Waals surface area contributed by atoms with Crippen molar-refractivity contribution in [2.75, 3.05) is 13.1 Å². The molecule has 6 nitrogen and oxygen atoms in total. The number of hydrogen-bond donors (Lipinski definition) is 2. The van der Waals surface area contributed by atoms with E-state index in [2.05, 4.69) is 10.6 Å². The van der Waals surface area contributed by atoms with Gasteiger partial charge in [-0.15, -0.1) is 0 Å². The molecule has 0 radical (unpaired) electrons. The first kappa shape index (κ1) is 19.9. The van der Waals surface area contributed by atoms with Crippen LogP contribution in [0, 0.1) is 0 Å². The summed E-state index contributed by atoms with van der Waals surface area (Å²) in [6, 6.07) is 16.0. The van der Waals surface area contributed by atoms with Gasteiger partial charge >= 0.3 is 6.03 Å². The van der Waals surface area contributed by atoms with Gasteiger partial charge in [-0.25, -0.2) is 4.79 Å². The largest absolute Gasteiger partial charge is 0.354 e. The van der Waals surface area contributed by atoms with Gasteiger partial charge in [0.05, 0.1) is 0 Å². The lowest BCUT2D eigenvalue weighted by Gasteiger charge is -2.25. The van der Waals surface area contributed by atoms with Gasteiger partial charge in [0.1, 0.15) is 12.1 Å². The predicted molar refractivity (Wildman–Crippen MR) is 107 cm³/mol. The van der Waals surface area contributed by atoms with Crippen molar-refractivity contribution < 1.29 is 14.4 Å². The van der Waals surface area contributed by atoms with Crippen LogP contribution in [0.25, 0.3) is 0 Å². The number of amides is 4. The number of halogens is 1. The van der Waals surface area contributed by atoms with Crippen LogP contribution in [0.2, 0.25) is 5.02 Å². The Balaban J connectivity index is 1.64. The number of rotatable bonds is 7. The molecule has 0 aromatic heterocycles. The van der Waals surface area contributed by atoms with E-state index in [9.17, 15) is 14.4 Å². The van der Waals surface area contributed by atoms with E-state index >= 15 is 0 Å². The molecule has 3 rings (SSSR count). The van der Waals surface area contributed by atoms with Gasteiger partial charge in [-0.3, -0.25) is 14.5 Å². The monoisotopic (exact) mass is 399 g/mol. The van der Waals surface area contributed by atoms with Gasteiger partial charge in [0.25, 0.3) is 5.91 Å². The number of carbonyl (C=O) groups excluding carboxylic acids is 3. The minimum atomic E-state index is -1.17. The molecular weight excluding hydrogens is 378 g/mol. The molecule has 1 heterocycles. The second kappa shape index (κ2) is 8.44. The first-order valence-electron chi connectivity index (χ1n) is 9.17. The highest BCUT2D eigenvalue weighted by atomic mass is 35.5. The summed E-state index contributed by atoms with van der Waals surface area (Å²) in [4.78, 5) is 38.7. The molecule has 7 heteroatoms. The van der Waals surface area contributed by atoms with Gasteiger partial charge in [-0.05, 0) is 36.1 Å². The standard InChI is InChI=1S/C21H22ClN3O3/c1-2-21(16-8-10-17(22)11-9-16)19(27)25(20(28)24-21)14-18(26)23-13-12-15-6-4-3-5-7-15/h3-11H,2,12-14H2,1H3,(H,23,26)(H,24,28). The molecule has 0 bridgehead atoms. The molecule has 2 aromatic rings. The van der Waals surface area contributed by atoms with Gasteiger partial charge in [-0.1, -0.05) is 61.0 Å². The third kappa shape index (κ3) is 4.02. The summed E-state index contributed by atoms with van der Waals surface area (Å²) in [5.74, 6) is -0.803. The normalized spacial score (nSPS) is 18.9. The second-order valence-corrected chi connectivity index (χ2v) is 7.11. The fraction of sp³-hybridized carbons (Fsp3) is 0.286. The Kier molecular flexibility index (Phi) is 5.99. The molecule has 1 fully saturated rings. The molecule has 28 heavy (non-hydrogen) atoms. The smallest absolute Gasteiger partial charge is 0.325 e. The summed E-state index contributed by atoms with van der Waals surface area (Å²) in [6.07, 6.45) is 1.04. The molecule has 146 valence electrons. The zero-order chi connectivity index (χ0) is 20.1. The Labute approximate surface area is 168 Å². The van der Waals surface area contributed by atoms with Gasteiger partial charge < -0.3 is 10.6 Å². The van der Waals surface area contributed by atoms with E-state index in [1.807, 2.05) is 37.3 Å². The van der Waals surface area contributed by atoms with Crippen molar-refractivity contribution in [1.82, 2.24) is 15.5 Å². The van der Waals surface area contributed by atoms with Crippen molar-refractivity contribution in [2.45, 2.75) is 25.3 Å². The van der Waals surface area contributed by atoms with Crippen molar-refractivity contribution in [2.24, 2.45) is 0 Å². The lowest BCUT2D eigenvalue weighted by molar-refractivity contribution is -0.135. The molecule has 1 aliphatic heterocycles. The van der Waals surface area contributed by atoms with Gasteiger partial charge in [0.2, 0.25) is 5.91 Å². The Morgan fingerprint density at radius 3 is 2.43 bits per heavy atom. The fourth-order valence-corrected chi connectivity index (χ4v) is 3.46. The SMILES string of the molecule is CCC1(c2ccc(Cl)cc2)NC(=O)N(CC(=O)NCCc2ccccc2)C1=O. The minimum Gasteiger partial charge on any atom is -0.354 e. The van der Waals surface area contributed by atoms with Gasteiger partial charge in [0, 0.05) is 11.6 Å². The van der Waals surface area contributed by atoms with E-state index in [1.165, 1.54) is 0 Å². The summed E-state index contributed by atoms with van der Waals surface area (Å²) >= 11 is 5.93. The number of imide groups is 1. The quantitative estimate of drug-likeness (QED) is 0.703. The average molecular weight is 400 g/mol. The minimum absolute atomic E-state index is 0.311. The lowest BCUT2D eigenvalue weighted by atomic mass is 9.87. The third-order valence-electron chi connectivity index (χ3n) is 4.92. The van der Waals surface area contributed by atoms with Crippen LogP contribution < -0.4 is 10.6 Å². The number of carbonyl (C=O) groups is 3. The van der Waals surface area contributed by atoms with E-state index in [1.54, 1.807) is 24.3 Å². The van der Waals surface area contributed by atoms with Gasteiger partial charge in [0.15, 0.2) is 0 Å². The lowest BCUT2D eigenvalue weighted by Crippen LogP contribution is -2.45. The average Bonchev–Trinajstić information content (AvgIpc) is 2.94. The van der Waals surface area contributed by atoms with E-state index < -0.39 is 17.5 Å². The Morgan fingerprint density at radius 2 is 1.79 bits per heavy atom. The molecule has 0 spiro atoms. The number of nitrogens with zero attached hydrogens (tertiary/aromatic N) is 1. The summed E-state index contributed by atoms with van der Waals surface area (Å²) in [6.45, 7) is 1.94. The highest BCUT2D eigenvalue weighted by Gasteiger charge is 2.51. The number of benzene rings is 2. The fourth-order valence-electron chi connectivity index (χ4n) is 3.33. The van der Waals surface area contributed by atoms with Crippen LogP contribution in [-0.2, 0) is 21.5 Å². The first-order chi connectivity index (χ1) is 13.5. The molecule has 1 aliphatic rings. The topological polar surface area (TPSA) is 78.5 Å². The number of hydrogen-bond acceptors (Lipinski definition) is 3. The molecule has 2 N–H and O–H groups in total. The van der Waals surface area contributed by atoms with Crippen LogP contribution in [0.5, 0.6) is 0 Å². The van der Waals surface area contributed by atoms with Crippen LogP contribution in [0.15, 0.2) is 54.6 Å². The van der Waals surface area contributed by atoms with Crippen molar-refractivity contribution in [3.05, 3.63) is 70.7 Å². The van der Waals surface area contributed by atoms with E-state index in [-0.39, 0.29) is 12.5 Å². The zero-order valence-corrected chi connectivity index (χ0v) is 16.3. The second-order valence-electron chi connectivity index (χ2n) is 6.67. The van der Waals surface area contributed by atoms with Crippen molar-refractivity contribution >= 4 is 29.4 Å². The summed E-state index contributed by atoms with van der Waals surface area (Å²) in [7, 11) is 0. The number of urea groups is 1. The molecule has 4 amide bonds. The van der Waals surface area contributed by atoms with Crippen molar-refractivity contribution in [3.63, 3.8) is 0 Å². The summed E-state index contributed by atoms with van der Waals surface area (Å²) < 4.78 is 0. The Morgan fingerprint density at radius 1 is 1.11 bits per heavy atom. The number of nitrogens with one attached hydrogen (secondary N) is 2. The molecule has 0 saturated carbocycles.